The van der Waals surface area contributed by atoms with Gasteiger partial charge in [0, 0.05) is 36.6 Å². The molecule has 4 heterocycles. The zero-order chi connectivity index (χ0) is 22.9. The number of aryl methyl sites for hydroxylation is 2. The molecule has 0 N–H and O–H groups in total. The molecule has 3 aromatic rings. The first-order valence-corrected chi connectivity index (χ1v) is 11.5. The Bertz CT molecular complexity index is 1190. The number of fused-ring (bicyclic) bond motifs is 1. The van der Waals surface area contributed by atoms with Crippen LogP contribution in [0.3, 0.4) is 0 Å². The minimum absolute atomic E-state index is 0.0582. The van der Waals surface area contributed by atoms with Crippen molar-refractivity contribution in [3.8, 4) is 0 Å². The molecule has 168 valence electrons. The van der Waals surface area contributed by atoms with Gasteiger partial charge in [0.1, 0.15) is 5.82 Å². The molecule has 2 aliphatic rings. The Labute approximate surface area is 193 Å². The summed E-state index contributed by atoms with van der Waals surface area (Å²) in [6.45, 7) is 5.16. The first-order chi connectivity index (χ1) is 16.0. The quantitative estimate of drug-likeness (QED) is 0.613. The predicted molar refractivity (Wildman–Crippen MR) is 125 cm³/mol. The maximum Gasteiger partial charge on any atom is 0.256 e. The third kappa shape index (κ3) is 4.11. The molecule has 2 aromatic heterocycles. The van der Waals surface area contributed by atoms with Gasteiger partial charge in [-0.1, -0.05) is 29.8 Å². The molecular formula is C26H27N5O2. The summed E-state index contributed by atoms with van der Waals surface area (Å²) in [5.41, 5.74) is 4.72. The summed E-state index contributed by atoms with van der Waals surface area (Å²) in [4.78, 5) is 43.5. The summed E-state index contributed by atoms with van der Waals surface area (Å²) in [7, 11) is 0. The van der Waals surface area contributed by atoms with Gasteiger partial charge in [-0.15, -0.1) is 0 Å². The average Bonchev–Trinajstić information content (AvgIpc) is 3.32. The standard InChI is InChI=1S/C26H27N5O2/c1-17-7-9-19(10-8-17)16-31-23(32)12-11-21-18(2)28-24(29-25(21)31)22-6-4-14-30(22)26(33)20-5-3-13-27-15-20/h3,5,7-10,13,15,22H,4,6,11-12,14,16H2,1-2H3. The van der Waals surface area contributed by atoms with E-state index in [4.69, 9.17) is 9.97 Å². The van der Waals surface area contributed by atoms with E-state index in [2.05, 4.69) is 29.2 Å². The summed E-state index contributed by atoms with van der Waals surface area (Å²) >= 11 is 0. The Morgan fingerprint density at radius 1 is 1.09 bits per heavy atom. The van der Waals surface area contributed by atoms with Crippen molar-refractivity contribution >= 4 is 17.6 Å². The Balaban J connectivity index is 1.49. The molecular weight excluding hydrogens is 414 g/mol. The molecule has 33 heavy (non-hydrogen) atoms. The number of rotatable bonds is 4. The highest BCUT2D eigenvalue weighted by atomic mass is 16.2. The number of carbonyl (C=O) groups is 2. The summed E-state index contributed by atoms with van der Waals surface area (Å²) in [6, 6.07) is 11.6. The first-order valence-electron chi connectivity index (χ1n) is 11.5. The molecule has 2 aliphatic heterocycles. The average molecular weight is 442 g/mol. The van der Waals surface area contributed by atoms with E-state index >= 15 is 0 Å². The van der Waals surface area contributed by atoms with Gasteiger partial charge in [-0.25, -0.2) is 9.97 Å². The monoisotopic (exact) mass is 441 g/mol. The van der Waals surface area contributed by atoms with E-state index in [1.807, 2.05) is 18.7 Å². The van der Waals surface area contributed by atoms with Crippen LogP contribution >= 0.6 is 0 Å². The number of carbonyl (C=O) groups excluding carboxylic acids is 2. The van der Waals surface area contributed by atoms with Gasteiger partial charge >= 0.3 is 0 Å². The lowest BCUT2D eigenvalue weighted by molar-refractivity contribution is -0.119. The minimum atomic E-state index is -0.208. The van der Waals surface area contributed by atoms with Crippen molar-refractivity contribution < 1.29 is 9.59 Å². The molecule has 0 aliphatic carbocycles. The zero-order valence-corrected chi connectivity index (χ0v) is 19.0. The lowest BCUT2D eigenvalue weighted by atomic mass is 10.0. The second kappa shape index (κ2) is 8.73. The van der Waals surface area contributed by atoms with Crippen molar-refractivity contribution in [3.63, 3.8) is 0 Å². The molecule has 0 saturated carbocycles. The van der Waals surface area contributed by atoms with Crippen molar-refractivity contribution in [2.75, 3.05) is 11.4 Å². The smallest absolute Gasteiger partial charge is 0.256 e. The summed E-state index contributed by atoms with van der Waals surface area (Å²) < 4.78 is 0. The van der Waals surface area contributed by atoms with E-state index in [0.29, 0.717) is 43.1 Å². The second-order valence-electron chi connectivity index (χ2n) is 8.83. The molecule has 1 aromatic carbocycles. The van der Waals surface area contributed by atoms with Crippen molar-refractivity contribution in [2.45, 2.75) is 52.1 Å². The largest absolute Gasteiger partial charge is 0.328 e. The number of hydrogen-bond donors (Lipinski definition) is 0. The topological polar surface area (TPSA) is 79.3 Å². The van der Waals surface area contributed by atoms with E-state index in [1.54, 1.807) is 29.4 Å². The molecule has 1 fully saturated rings. The molecule has 1 saturated heterocycles. The van der Waals surface area contributed by atoms with Gasteiger partial charge in [-0.2, -0.15) is 0 Å². The Morgan fingerprint density at radius 3 is 2.67 bits per heavy atom. The number of hydrogen-bond acceptors (Lipinski definition) is 5. The van der Waals surface area contributed by atoms with E-state index in [0.717, 1.165) is 29.7 Å². The lowest BCUT2D eigenvalue weighted by Gasteiger charge is -2.31. The second-order valence-corrected chi connectivity index (χ2v) is 8.83. The van der Waals surface area contributed by atoms with Gasteiger partial charge in [0.15, 0.2) is 5.82 Å². The molecule has 0 spiro atoms. The fraction of sp³-hybridized carbons (Fsp3) is 0.346. The van der Waals surface area contributed by atoms with Gasteiger partial charge in [0.05, 0.1) is 18.2 Å². The third-order valence-corrected chi connectivity index (χ3v) is 6.54. The van der Waals surface area contributed by atoms with Crippen molar-refractivity contribution in [3.05, 3.63) is 82.6 Å². The van der Waals surface area contributed by atoms with Crippen LogP contribution in [0.2, 0.25) is 0 Å². The molecule has 0 bridgehead atoms. The van der Waals surface area contributed by atoms with Crippen molar-refractivity contribution in [2.24, 2.45) is 0 Å². The van der Waals surface area contributed by atoms with E-state index in [-0.39, 0.29) is 17.9 Å². The fourth-order valence-corrected chi connectivity index (χ4v) is 4.72. The highest BCUT2D eigenvalue weighted by Gasteiger charge is 2.35. The highest BCUT2D eigenvalue weighted by Crippen LogP contribution is 2.35. The minimum Gasteiger partial charge on any atom is -0.328 e. The number of pyridine rings is 1. The zero-order valence-electron chi connectivity index (χ0n) is 19.0. The highest BCUT2D eigenvalue weighted by molar-refractivity contribution is 5.95. The van der Waals surface area contributed by atoms with Crippen LogP contribution in [0.25, 0.3) is 0 Å². The van der Waals surface area contributed by atoms with E-state index in [1.165, 1.54) is 5.56 Å². The molecule has 0 radical (unpaired) electrons. The molecule has 7 nitrogen and oxygen atoms in total. The normalized spacial score (nSPS) is 17.9. The Morgan fingerprint density at radius 2 is 1.91 bits per heavy atom. The van der Waals surface area contributed by atoms with Crippen LogP contribution < -0.4 is 4.90 Å². The van der Waals surface area contributed by atoms with E-state index < -0.39 is 0 Å². The number of aromatic nitrogens is 3. The van der Waals surface area contributed by atoms with E-state index in [9.17, 15) is 9.59 Å². The van der Waals surface area contributed by atoms with Gasteiger partial charge in [-0.3, -0.25) is 19.5 Å². The maximum atomic E-state index is 13.2. The maximum absolute atomic E-state index is 13.2. The third-order valence-electron chi connectivity index (χ3n) is 6.54. The number of benzene rings is 1. The number of likely N-dealkylation sites (tertiary alicyclic amines) is 1. The Kier molecular flexibility index (Phi) is 5.62. The van der Waals surface area contributed by atoms with Crippen LogP contribution in [-0.4, -0.2) is 38.2 Å². The van der Waals surface area contributed by atoms with Gasteiger partial charge < -0.3 is 4.90 Å². The van der Waals surface area contributed by atoms with Crippen molar-refractivity contribution in [1.29, 1.82) is 0 Å². The molecule has 5 rings (SSSR count). The number of amides is 2. The molecule has 2 amide bonds. The van der Waals surface area contributed by atoms with Crippen LogP contribution in [-0.2, 0) is 17.8 Å². The molecule has 1 atom stereocenters. The SMILES string of the molecule is Cc1ccc(CN2C(=O)CCc3c(C)nc(C4CCCN4C(=O)c4cccnc4)nc32)cc1. The number of anilines is 1. The molecule has 7 heteroatoms. The van der Waals surface area contributed by atoms with Crippen LogP contribution in [0.4, 0.5) is 5.82 Å². The van der Waals surface area contributed by atoms with Gasteiger partial charge in [0.2, 0.25) is 5.91 Å². The van der Waals surface area contributed by atoms with Crippen molar-refractivity contribution in [1.82, 2.24) is 19.9 Å². The van der Waals surface area contributed by atoms with Crippen LogP contribution in [0, 0.1) is 13.8 Å². The van der Waals surface area contributed by atoms with Crippen LogP contribution in [0.15, 0.2) is 48.8 Å². The summed E-state index contributed by atoms with van der Waals surface area (Å²) in [5.74, 6) is 1.32. The van der Waals surface area contributed by atoms with Gasteiger partial charge in [0.25, 0.3) is 5.91 Å². The lowest BCUT2D eigenvalue weighted by Crippen LogP contribution is -2.37. The molecule has 1 unspecified atom stereocenters. The number of nitrogens with zero attached hydrogens (tertiary/aromatic N) is 5. The van der Waals surface area contributed by atoms with Gasteiger partial charge in [-0.05, 0) is 50.8 Å². The fourth-order valence-electron chi connectivity index (χ4n) is 4.72. The summed E-state index contributed by atoms with van der Waals surface area (Å²) in [6.07, 6.45) is 6.05. The Hall–Kier alpha value is -3.61. The predicted octanol–water partition coefficient (Wildman–Crippen LogP) is 3.95. The summed E-state index contributed by atoms with van der Waals surface area (Å²) in [5, 5.41) is 0. The van der Waals surface area contributed by atoms with Crippen LogP contribution in [0.5, 0.6) is 0 Å². The van der Waals surface area contributed by atoms with Crippen LogP contribution in [0.1, 0.15) is 63.9 Å². The first kappa shape index (κ1) is 21.2.